The maximum absolute atomic E-state index is 6.53. The fraction of sp³-hybridized carbons (Fsp3) is 0. The highest BCUT2D eigenvalue weighted by molar-refractivity contribution is 6.13. The van der Waals surface area contributed by atoms with Crippen molar-refractivity contribution < 1.29 is 4.42 Å². The van der Waals surface area contributed by atoms with Gasteiger partial charge in [-0.2, -0.15) is 0 Å². The van der Waals surface area contributed by atoms with E-state index >= 15 is 0 Å². The summed E-state index contributed by atoms with van der Waals surface area (Å²) in [6.07, 6.45) is 0. The van der Waals surface area contributed by atoms with Gasteiger partial charge in [0.05, 0.1) is 0 Å². The molecule has 0 N–H and O–H groups in total. The number of furan rings is 1. The molecule has 0 aliphatic rings. The lowest BCUT2D eigenvalue weighted by molar-refractivity contribution is 0.669. The van der Waals surface area contributed by atoms with Crippen LogP contribution >= 0.6 is 0 Å². The Morgan fingerprint density at radius 2 is 0.623 bits per heavy atom. The van der Waals surface area contributed by atoms with Crippen LogP contribution in [-0.2, 0) is 0 Å². The van der Waals surface area contributed by atoms with E-state index in [0.29, 0.717) is 17.5 Å². The van der Waals surface area contributed by atoms with Gasteiger partial charge in [-0.15, -0.1) is 0 Å². The number of nitrogens with zero attached hydrogens (tertiary/aromatic N) is 3. The second-order valence-electron chi connectivity index (χ2n) is 15.2. The van der Waals surface area contributed by atoms with Gasteiger partial charge >= 0.3 is 0 Å². The Kier molecular flexibility index (Phi) is 9.14. The molecule has 2 aromatic heterocycles. The van der Waals surface area contributed by atoms with Crippen LogP contribution in [0.25, 0.3) is 112 Å². The smallest absolute Gasteiger partial charge is 0.164 e. The number of hydrogen-bond acceptors (Lipinski definition) is 4. The summed E-state index contributed by atoms with van der Waals surface area (Å²) in [6, 6.07) is 78.2. The van der Waals surface area contributed by atoms with Gasteiger partial charge in [-0.05, 0) is 86.0 Å². The standard InChI is InChI=1S/C57H37N3O/c1-4-13-38(14-5-1)40-25-27-41(28-26-40)47-21-11-22-48(36-47)56-58-55(44-31-29-42(30-32-44)46-20-10-19-45(35-46)39-15-6-2-7-16-39)59-57(60-56)49-33-34-51-53(37-49)61-52-24-12-23-50(54(51)52)43-17-8-3-9-18-43/h1-37H. The highest BCUT2D eigenvalue weighted by atomic mass is 16.3. The van der Waals surface area contributed by atoms with Gasteiger partial charge in [-0.1, -0.05) is 194 Å². The molecule has 0 fully saturated rings. The van der Waals surface area contributed by atoms with Gasteiger partial charge in [0.2, 0.25) is 0 Å². The largest absolute Gasteiger partial charge is 0.456 e. The second-order valence-corrected chi connectivity index (χ2v) is 15.2. The van der Waals surface area contributed by atoms with Crippen molar-refractivity contribution in [1.82, 2.24) is 15.0 Å². The summed E-state index contributed by atoms with van der Waals surface area (Å²) < 4.78 is 6.53. The molecule has 61 heavy (non-hydrogen) atoms. The third-order valence-corrected chi connectivity index (χ3v) is 11.4. The van der Waals surface area contributed by atoms with Crippen LogP contribution in [0.5, 0.6) is 0 Å². The zero-order chi connectivity index (χ0) is 40.5. The fourth-order valence-corrected chi connectivity index (χ4v) is 8.23. The van der Waals surface area contributed by atoms with E-state index in [2.05, 4.69) is 200 Å². The summed E-state index contributed by atoms with van der Waals surface area (Å²) in [5.74, 6) is 1.76. The first-order chi connectivity index (χ1) is 30.2. The van der Waals surface area contributed by atoms with Gasteiger partial charge in [-0.3, -0.25) is 0 Å². The zero-order valence-electron chi connectivity index (χ0n) is 33.1. The van der Waals surface area contributed by atoms with Crippen molar-refractivity contribution in [1.29, 1.82) is 0 Å². The average molecular weight is 780 g/mol. The number of benzene rings is 9. The quantitative estimate of drug-likeness (QED) is 0.154. The minimum atomic E-state index is 0.572. The van der Waals surface area contributed by atoms with Crippen LogP contribution in [0.1, 0.15) is 0 Å². The van der Waals surface area contributed by atoms with Crippen LogP contribution in [0, 0.1) is 0 Å². The number of aromatic nitrogens is 3. The Balaban J connectivity index is 1.00. The van der Waals surface area contributed by atoms with Crippen LogP contribution < -0.4 is 0 Å². The van der Waals surface area contributed by atoms with E-state index in [1.165, 1.54) is 22.3 Å². The molecular weight excluding hydrogens is 743 g/mol. The zero-order valence-corrected chi connectivity index (χ0v) is 33.1. The summed E-state index contributed by atoms with van der Waals surface area (Å²) in [5.41, 5.74) is 15.8. The van der Waals surface area contributed by atoms with E-state index in [-0.39, 0.29) is 0 Å². The third-order valence-electron chi connectivity index (χ3n) is 11.4. The van der Waals surface area contributed by atoms with Gasteiger partial charge in [0, 0.05) is 27.5 Å². The van der Waals surface area contributed by atoms with Crippen molar-refractivity contribution in [3.63, 3.8) is 0 Å². The van der Waals surface area contributed by atoms with Gasteiger partial charge < -0.3 is 4.42 Å². The molecule has 2 heterocycles. The molecule has 4 nitrogen and oxygen atoms in total. The maximum Gasteiger partial charge on any atom is 0.164 e. The summed E-state index contributed by atoms with van der Waals surface area (Å²) >= 11 is 0. The summed E-state index contributed by atoms with van der Waals surface area (Å²) in [6.45, 7) is 0. The summed E-state index contributed by atoms with van der Waals surface area (Å²) in [5, 5.41) is 2.14. The highest BCUT2D eigenvalue weighted by Crippen LogP contribution is 2.39. The molecule has 0 amide bonds. The van der Waals surface area contributed by atoms with E-state index in [9.17, 15) is 0 Å². The van der Waals surface area contributed by atoms with Crippen LogP contribution in [0.2, 0.25) is 0 Å². The van der Waals surface area contributed by atoms with Crippen LogP contribution in [0.3, 0.4) is 0 Å². The van der Waals surface area contributed by atoms with Gasteiger partial charge in [-0.25, -0.2) is 15.0 Å². The number of fused-ring (bicyclic) bond motifs is 3. The van der Waals surface area contributed by atoms with Crippen molar-refractivity contribution in [3.05, 3.63) is 224 Å². The predicted octanol–water partition coefficient (Wildman–Crippen LogP) is 15.1. The molecule has 0 unspecified atom stereocenters. The molecule has 0 spiro atoms. The Morgan fingerprint density at radius 1 is 0.246 bits per heavy atom. The van der Waals surface area contributed by atoms with Gasteiger partial charge in [0.1, 0.15) is 11.2 Å². The molecule has 9 aromatic carbocycles. The molecule has 11 rings (SSSR count). The van der Waals surface area contributed by atoms with Gasteiger partial charge in [0.15, 0.2) is 17.5 Å². The number of hydrogen-bond donors (Lipinski definition) is 0. The van der Waals surface area contributed by atoms with Gasteiger partial charge in [0.25, 0.3) is 0 Å². The first-order valence-corrected chi connectivity index (χ1v) is 20.5. The Morgan fingerprint density at radius 3 is 1.20 bits per heavy atom. The van der Waals surface area contributed by atoms with E-state index in [1.54, 1.807) is 0 Å². The lowest BCUT2D eigenvalue weighted by Gasteiger charge is -2.11. The molecular formula is C57H37N3O. The Bertz CT molecular complexity index is 3320. The minimum Gasteiger partial charge on any atom is -0.456 e. The highest BCUT2D eigenvalue weighted by Gasteiger charge is 2.17. The maximum atomic E-state index is 6.53. The first kappa shape index (κ1) is 35.9. The van der Waals surface area contributed by atoms with Crippen molar-refractivity contribution in [2.24, 2.45) is 0 Å². The minimum absolute atomic E-state index is 0.572. The van der Waals surface area contributed by atoms with E-state index in [0.717, 1.165) is 72.0 Å². The molecule has 0 saturated heterocycles. The van der Waals surface area contributed by atoms with Crippen molar-refractivity contribution >= 4 is 21.9 Å². The van der Waals surface area contributed by atoms with E-state index in [4.69, 9.17) is 19.4 Å². The second kappa shape index (κ2) is 15.5. The van der Waals surface area contributed by atoms with Crippen LogP contribution in [-0.4, -0.2) is 15.0 Å². The molecule has 0 aliphatic heterocycles. The third kappa shape index (κ3) is 7.07. The van der Waals surface area contributed by atoms with Crippen LogP contribution in [0.4, 0.5) is 0 Å². The molecule has 4 heteroatoms. The molecule has 286 valence electrons. The first-order valence-electron chi connectivity index (χ1n) is 20.5. The van der Waals surface area contributed by atoms with Crippen molar-refractivity contribution in [2.75, 3.05) is 0 Å². The fourth-order valence-electron chi connectivity index (χ4n) is 8.23. The predicted molar refractivity (Wildman–Crippen MR) is 251 cm³/mol. The molecule has 0 bridgehead atoms. The molecule has 0 aliphatic carbocycles. The monoisotopic (exact) mass is 779 g/mol. The van der Waals surface area contributed by atoms with E-state index in [1.807, 2.05) is 24.3 Å². The normalized spacial score (nSPS) is 11.3. The Hall–Kier alpha value is -8.21. The number of rotatable bonds is 8. The Labute approximate surface area is 354 Å². The SMILES string of the molecule is c1ccc(-c2ccc(-c3cccc(-c4nc(-c5ccc(-c6cccc(-c7ccccc7)c6)cc5)nc(-c5ccc6c(c5)oc5cccc(-c7ccccc7)c56)n4)c3)cc2)cc1. The molecule has 0 radical (unpaired) electrons. The lowest BCUT2D eigenvalue weighted by Crippen LogP contribution is -2.00. The molecule has 11 aromatic rings. The lowest BCUT2D eigenvalue weighted by atomic mass is 9.98. The summed E-state index contributed by atoms with van der Waals surface area (Å²) in [7, 11) is 0. The van der Waals surface area contributed by atoms with E-state index < -0.39 is 0 Å². The van der Waals surface area contributed by atoms with Crippen molar-refractivity contribution in [3.8, 4) is 89.8 Å². The topological polar surface area (TPSA) is 51.8 Å². The van der Waals surface area contributed by atoms with Crippen LogP contribution in [0.15, 0.2) is 229 Å². The summed E-state index contributed by atoms with van der Waals surface area (Å²) in [4.78, 5) is 15.4. The van der Waals surface area contributed by atoms with Crippen molar-refractivity contribution in [2.45, 2.75) is 0 Å². The average Bonchev–Trinajstić information content (AvgIpc) is 3.73. The molecule has 0 saturated carbocycles. The molecule has 0 atom stereocenters.